The van der Waals surface area contributed by atoms with E-state index in [9.17, 15) is 4.79 Å². The van der Waals surface area contributed by atoms with E-state index in [-0.39, 0.29) is 43.8 Å². The fourth-order valence-electron chi connectivity index (χ4n) is 3.16. The number of amides is 1. The quantitative estimate of drug-likeness (QED) is 0.767. The summed E-state index contributed by atoms with van der Waals surface area (Å²) in [4.78, 5) is 12.9. The molecule has 1 fully saturated rings. The molecule has 1 aliphatic carbocycles. The van der Waals surface area contributed by atoms with Gasteiger partial charge in [0, 0.05) is 59.0 Å². The van der Waals surface area contributed by atoms with Crippen molar-refractivity contribution in [1.29, 1.82) is 0 Å². The van der Waals surface area contributed by atoms with Crippen molar-refractivity contribution in [1.82, 2.24) is 0 Å². The van der Waals surface area contributed by atoms with Crippen LogP contribution in [0.3, 0.4) is 0 Å². The number of carbonyl (C=O) groups is 1. The van der Waals surface area contributed by atoms with Crippen molar-refractivity contribution in [3.05, 3.63) is 29.3 Å². The van der Waals surface area contributed by atoms with Gasteiger partial charge in [-0.3, -0.25) is 4.79 Å². The smallest absolute Gasteiger partial charge is 0.268 e. The van der Waals surface area contributed by atoms with E-state index in [1.807, 2.05) is 6.07 Å². The van der Waals surface area contributed by atoms with Crippen molar-refractivity contribution in [3.63, 3.8) is 0 Å². The van der Waals surface area contributed by atoms with Crippen LogP contribution in [0.25, 0.3) is 0 Å². The summed E-state index contributed by atoms with van der Waals surface area (Å²) < 4.78 is 0. The molecular weight excluding hydrogens is 354 g/mol. The zero-order valence-electron chi connectivity index (χ0n) is 14.0. The van der Waals surface area contributed by atoms with Crippen LogP contribution in [0.15, 0.2) is 18.2 Å². The fraction of sp³-hybridized carbons (Fsp3) is 0.588. The van der Waals surface area contributed by atoms with Gasteiger partial charge in [-0.1, -0.05) is 18.2 Å². The maximum absolute atomic E-state index is 12.9. The SMILES string of the molecule is CC[P+](C)(C)C1(C(=O)Nc2c(C)cccc2C)CCC1.[Y]. The Morgan fingerprint density at radius 2 is 1.76 bits per heavy atom. The van der Waals surface area contributed by atoms with Gasteiger partial charge < -0.3 is 5.32 Å². The Balaban J connectivity index is 0.00000220. The van der Waals surface area contributed by atoms with Crippen molar-refractivity contribution in [2.24, 2.45) is 0 Å². The Morgan fingerprint density at radius 3 is 2.14 bits per heavy atom. The van der Waals surface area contributed by atoms with Crippen molar-refractivity contribution >= 4 is 18.9 Å². The summed E-state index contributed by atoms with van der Waals surface area (Å²) in [5.41, 5.74) is 3.32. The predicted molar refractivity (Wildman–Crippen MR) is 90.4 cm³/mol. The molecule has 4 heteroatoms. The first-order valence-electron chi connectivity index (χ1n) is 7.55. The monoisotopic (exact) mass is 381 g/mol. The third kappa shape index (κ3) is 3.43. The number of hydrogen-bond acceptors (Lipinski definition) is 1. The second-order valence-corrected chi connectivity index (χ2v) is 11.5. The van der Waals surface area contributed by atoms with Gasteiger partial charge in [-0.05, 0) is 51.2 Å². The number of hydrogen-bond donors (Lipinski definition) is 1. The molecule has 1 aliphatic rings. The van der Waals surface area contributed by atoms with E-state index >= 15 is 0 Å². The average Bonchev–Trinajstić information content (AvgIpc) is 2.32. The molecule has 1 amide bonds. The van der Waals surface area contributed by atoms with E-state index in [0.717, 1.165) is 35.8 Å². The molecule has 0 aromatic heterocycles. The van der Waals surface area contributed by atoms with Crippen LogP contribution in [0.2, 0.25) is 0 Å². The Kier molecular flexibility index (Phi) is 6.61. The van der Waals surface area contributed by atoms with E-state index in [4.69, 9.17) is 0 Å². The summed E-state index contributed by atoms with van der Waals surface area (Å²) >= 11 is 0. The Morgan fingerprint density at radius 1 is 1.24 bits per heavy atom. The number of rotatable bonds is 4. The van der Waals surface area contributed by atoms with E-state index in [1.165, 1.54) is 6.42 Å². The number of para-hydroxylation sites is 1. The van der Waals surface area contributed by atoms with E-state index in [2.05, 4.69) is 51.6 Å². The van der Waals surface area contributed by atoms with Gasteiger partial charge >= 0.3 is 0 Å². The summed E-state index contributed by atoms with van der Waals surface area (Å²) in [6, 6.07) is 6.18. The number of benzene rings is 1. The summed E-state index contributed by atoms with van der Waals surface area (Å²) in [7, 11) is -1.19. The largest absolute Gasteiger partial charge is 0.322 e. The van der Waals surface area contributed by atoms with Gasteiger partial charge in [0.1, 0.15) is 0 Å². The number of aryl methyl sites for hydroxylation is 2. The maximum Gasteiger partial charge on any atom is 0.268 e. The molecule has 113 valence electrons. The second kappa shape index (κ2) is 7.20. The molecule has 0 aliphatic heterocycles. The maximum atomic E-state index is 12.9. The van der Waals surface area contributed by atoms with Crippen LogP contribution < -0.4 is 5.32 Å². The molecule has 0 saturated heterocycles. The minimum Gasteiger partial charge on any atom is -0.322 e. The fourth-order valence-corrected chi connectivity index (χ4v) is 5.90. The third-order valence-electron chi connectivity index (χ3n) is 5.27. The summed E-state index contributed by atoms with van der Waals surface area (Å²) in [5.74, 6) is 0.265. The molecule has 1 aromatic rings. The van der Waals surface area contributed by atoms with E-state index < -0.39 is 7.26 Å². The van der Waals surface area contributed by atoms with Crippen molar-refractivity contribution in [3.8, 4) is 0 Å². The van der Waals surface area contributed by atoms with Crippen LogP contribution >= 0.6 is 7.26 Å². The zero-order chi connectivity index (χ0) is 15.0. The summed E-state index contributed by atoms with van der Waals surface area (Å²) in [6.07, 6.45) is 4.48. The Labute approximate surface area is 155 Å². The molecule has 1 radical (unpaired) electrons. The molecule has 21 heavy (non-hydrogen) atoms. The molecule has 2 nitrogen and oxygen atoms in total. The average molecular weight is 381 g/mol. The second-order valence-electron chi connectivity index (χ2n) is 6.61. The molecule has 0 atom stereocenters. The van der Waals surface area contributed by atoms with Gasteiger partial charge in [-0.25, -0.2) is 0 Å². The van der Waals surface area contributed by atoms with Gasteiger partial charge in [0.15, 0.2) is 5.16 Å². The van der Waals surface area contributed by atoms with Crippen LogP contribution in [0, 0.1) is 13.8 Å². The molecule has 1 N–H and O–H groups in total. The van der Waals surface area contributed by atoms with Crippen molar-refractivity contribution < 1.29 is 37.5 Å². The molecule has 0 heterocycles. The van der Waals surface area contributed by atoms with Crippen LogP contribution in [0.4, 0.5) is 5.69 Å². The standard InChI is InChI=1S/C17H26NOP.Y/c1-6-20(4,5)17(11-8-12-17)16(19)18-15-13(2)9-7-10-14(15)3;/h7,9-10H,6,8,11-12H2,1-5H3;/p+1. The third-order valence-corrected chi connectivity index (χ3v) is 9.82. The molecule has 1 saturated carbocycles. The summed E-state index contributed by atoms with van der Waals surface area (Å²) in [5, 5.41) is 3.18. The first kappa shape index (κ1) is 19.3. The Hall–Kier alpha value is 0.224. The number of nitrogens with one attached hydrogen (secondary N) is 1. The van der Waals surface area contributed by atoms with Crippen LogP contribution in [0.1, 0.15) is 37.3 Å². The minimum absolute atomic E-state index is 0. The van der Waals surface area contributed by atoms with Gasteiger partial charge in [-0.2, -0.15) is 0 Å². The molecule has 2 rings (SSSR count). The van der Waals surface area contributed by atoms with E-state index in [1.54, 1.807) is 0 Å². The van der Waals surface area contributed by atoms with Gasteiger partial charge in [0.05, 0.1) is 6.16 Å². The molecule has 0 spiro atoms. The summed E-state index contributed by atoms with van der Waals surface area (Å²) in [6.45, 7) is 11.1. The van der Waals surface area contributed by atoms with Gasteiger partial charge in [-0.15, -0.1) is 0 Å². The van der Waals surface area contributed by atoms with E-state index in [0.29, 0.717) is 0 Å². The van der Waals surface area contributed by atoms with Gasteiger partial charge in [0.2, 0.25) is 0 Å². The predicted octanol–water partition coefficient (Wildman–Crippen LogP) is 4.46. The van der Waals surface area contributed by atoms with Crippen molar-refractivity contribution in [2.75, 3.05) is 24.8 Å². The van der Waals surface area contributed by atoms with Crippen LogP contribution in [-0.4, -0.2) is 30.6 Å². The first-order valence-corrected chi connectivity index (χ1v) is 10.4. The molecular formula is C17H27NOPY+. The number of anilines is 1. The normalized spacial score (nSPS) is 16.6. The molecule has 1 aromatic carbocycles. The van der Waals surface area contributed by atoms with Crippen LogP contribution in [-0.2, 0) is 37.5 Å². The molecule has 0 unspecified atom stereocenters. The molecule has 0 bridgehead atoms. The first-order chi connectivity index (χ1) is 9.34. The van der Waals surface area contributed by atoms with Crippen molar-refractivity contribution in [2.45, 2.75) is 45.2 Å². The topological polar surface area (TPSA) is 29.1 Å². The zero-order valence-corrected chi connectivity index (χ0v) is 17.7. The van der Waals surface area contributed by atoms with Crippen LogP contribution in [0.5, 0.6) is 0 Å². The number of carbonyl (C=O) groups excluding carboxylic acids is 1. The minimum atomic E-state index is -1.19. The van der Waals surface area contributed by atoms with Gasteiger partial charge in [0.25, 0.3) is 5.91 Å². The Bertz CT molecular complexity index is 503.